The van der Waals surface area contributed by atoms with Gasteiger partial charge in [-0.2, -0.15) is 0 Å². The molecule has 0 bridgehead atoms. The molecule has 5 nitrogen and oxygen atoms in total. The molecule has 0 aromatic heterocycles. The van der Waals surface area contributed by atoms with Crippen molar-refractivity contribution in [3.05, 3.63) is 89.0 Å². The Morgan fingerprint density at radius 1 is 0.897 bits per heavy atom. The van der Waals surface area contributed by atoms with Crippen LogP contribution in [0.4, 0.5) is 20.2 Å². The fourth-order valence-corrected chi connectivity index (χ4v) is 3.76. The molecule has 3 aromatic rings. The largest absolute Gasteiger partial charge is 0.319 e. The average molecular weight is 416 g/mol. The van der Waals surface area contributed by atoms with E-state index in [0.29, 0.717) is 11.8 Å². The summed E-state index contributed by atoms with van der Waals surface area (Å²) in [4.78, 5) is 12.2. The van der Waals surface area contributed by atoms with Crippen molar-refractivity contribution in [1.29, 1.82) is 0 Å². The molecule has 0 radical (unpaired) electrons. The number of carbonyl (C=O) groups is 1. The minimum Gasteiger partial charge on any atom is -0.319 e. The summed E-state index contributed by atoms with van der Waals surface area (Å²) < 4.78 is 54.4. The molecule has 0 saturated heterocycles. The van der Waals surface area contributed by atoms with Crippen molar-refractivity contribution in [3.8, 4) is 0 Å². The summed E-state index contributed by atoms with van der Waals surface area (Å²) in [6.07, 6.45) is 0. The van der Waals surface area contributed by atoms with E-state index in [9.17, 15) is 22.0 Å². The molecular formula is C21H18F2N2O3S. The van der Waals surface area contributed by atoms with Gasteiger partial charge in [-0.1, -0.05) is 12.1 Å². The summed E-state index contributed by atoms with van der Waals surface area (Å²) in [7, 11) is -3.85. The van der Waals surface area contributed by atoms with Crippen LogP contribution in [0, 0.1) is 25.5 Å². The third kappa shape index (κ3) is 4.60. The van der Waals surface area contributed by atoms with Gasteiger partial charge < -0.3 is 5.32 Å². The van der Waals surface area contributed by atoms with Crippen LogP contribution in [0.5, 0.6) is 0 Å². The van der Waals surface area contributed by atoms with E-state index in [2.05, 4.69) is 10.0 Å². The Morgan fingerprint density at radius 2 is 1.59 bits per heavy atom. The zero-order valence-corrected chi connectivity index (χ0v) is 16.5. The minimum absolute atomic E-state index is 0.0251. The van der Waals surface area contributed by atoms with Gasteiger partial charge >= 0.3 is 0 Å². The van der Waals surface area contributed by atoms with Crippen molar-refractivity contribution < 1.29 is 22.0 Å². The lowest BCUT2D eigenvalue weighted by molar-refractivity contribution is 0.102. The normalized spacial score (nSPS) is 11.2. The number of halogens is 2. The molecule has 0 unspecified atom stereocenters. The highest BCUT2D eigenvalue weighted by atomic mass is 32.2. The summed E-state index contributed by atoms with van der Waals surface area (Å²) in [5.41, 5.74) is 2.18. The Hall–Kier alpha value is -3.26. The van der Waals surface area contributed by atoms with Crippen molar-refractivity contribution in [2.75, 3.05) is 10.0 Å². The van der Waals surface area contributed by atoms with Crippen molar-refractivity contribution in [1.82, 2.24) is 0 Å². The molecule has 150 valence electrons. The van der Waals surface area contributed by atoms with E-state index in [1.807, 2.05) is 19.9 Å². The van der Waals surface area contributed by atoms with Crippen LogP contribution in [0.15, 0.2) is 65.6 Å². The van der Waals surface area contributed by atoms with Gasteiger partial charge in [-0.3, -0.25) is 9.52 Å². The summed E-state index contributed by atoms with van der Waals surface area (Å²) in [5, 5.41) is 2.32. The third-order valence-electron chi connectivity index (χ3n) is 4.46. The van der Waals surface area contributed by atoms with Crippen LogP contribution < -0.4 is 10.0 Å². The average Bonchev–Trinajstić information content (AvgIpc) is 2.67. The van der Waals surface area contributed by atoms with Gasteiger partial charge in [0.1, 0.15) is 11.6 Å². The highest BCUT2D eigenvalue weighted by Gasteiger charge is 2.17. The van der Waals surface area contributed by atoms with E-state index in [4.69, 9.17) is 0 Å². The lowest BCUT2D eigenvalue weighted by Gasteiger charge is -2.12. The number of carbonyl (C=O) groups excluding carboxylic acids is 1. The van der Waals surface area contributed by atoms with Gasteiger partial charge in [0.15, 0.2) is 0 Å². The zero-order valence-electron chi connectivity index (χ0n) is 15.7. The number of anilines is 2. The number of sulfonamides is 1. The van der Waals surface area contributed by atoms with Crippen molar-refractivity contribution in [2.45, 2.75) is 18.7 Å². The molecule has 0 atom stereocenters. The maximum absolute atomic E-state index is 13.7. The van der Waals surface area contributed by atoms with Crippen LogP contribution in [-0.4, -0.2) is 14.3 Å². The highest BCUT2D eigenvalue weighted by Crippen LogP contribution is 2.22. The number of rotatable bonds is 5. The van der Waals surface area contributed by atoms with Crippen molar-refractivity contribution in [2.24, 2.45) is 0 Å². The second-order valence-corrected chi connectivity index (χ2v) is 8.14. The molecular weight excluding hydrogens is 398 g/mol. The predicted molar refractivity (Wildman–Crippen MR) is 107 cm³/mol. The van der Waals surface area contributed by atoms with Crippen LogP contribution >= 0.6 is 0 Å². The van der Waals surface area contributed by atoms with E-state index in [1.165, 1.54) is 24.3 Å². The second-order valence-electron chi connectivity index (χ2n) is 6.46. The molecule has 0 saturated carbocycles. The highest BCUT2D eigenvalue weighted by molar-refractivity contribution is 7.92. The Labute approximate surface area is 167 Å². The van der Waals surface area contributed by atoms with Gasteiger partial charge in [0.2, 0.25) is 0 Å². The number of nitrogens with one attached hydrogen (secondary N) is 2. The van der Waals surface area contributed by atoms with Gasteiger partial charge in [-0.05, 0) is 67.4 Å². The molecule has 8 heteroatoms. The summed E-state index contributed by atoms with van der Waals surface area (Å²) in [6, 6.07) is 13.3. The van der Waals surface area contributed by atoms with Gasteiger partial charge in [-0.25, -0.2) is 17.2 Å². The van der Waals surface area contributed by atoms with E-state index in [1.54, 1.807) is 12.1 Å². The number of hydrogen-bond acceptors (Lipinski definition) is 3. The zero-order chi connectivity index (χ0) is 21.2. The predicted octanol–water partition coefficient (Wildman–Crippen LogP) is 4.63. The van der Waals surface area contributed by atoms with Gasteiger partial charge in [0.05, 0.1) is 16.3 Å². The van der Waals surface area contributed by atoms with E-state index < -0.39 is 27.6 Å². The molecule has 0 aliphatic heterocycles. The first-order valence-corrected chi connectivity index (χ1v) is 10.1. The molecule has 2 N–H and O–H groups in total. The Balaban J connectivity index is 1.78. The Bertz CT molecular complexity index is 1180. The SMILES string of the molecule is Cc1cccc(NS(=O)(=O)c2ccc(C(=O)Nc3ccc(F)cc3F)cc2)c1C. The summed E-state index contributed by atoms with van der Waals surface area (Å²) in [6.45, 7) is 3.69. The van der Waals surface area contributed by atoms with Gasteiger partial charge in [0.25, 0.3) is 15.9 Å². The number of benzene rings is 3. The summed E-state index contributed by atoms with van der Waals surface area (Å²) >= 11 is 0. The topological polar surface area (TPSA) is 75.3 Å². The number of amides is 1. The molecule has 1 amide bonds. The number of hydrogen-bond donors (Lipinski definition) is 2. The van der Waals surface area contributed by atoms with Gasteiger partial charge in [0, 0.05) is 11.6 Å². The maximum Gasteiger partial charge on any atom is 0.261 e. The van der Waals surface area contributed by atoms with Crippen LogP contribution in [0.25, 0.3) is 0 Å². The third-order valence-corrected chi connectivity index (χ3v) is 5.84. The molecule has 29 heavy (non-hydrogen) atoms. The summed E-state index contributed by atoms with van der Waals surface area (Å²) in [5.74, 6) is -2.32. The van der Waals surface area contributed by atoms with Crippen molar-refractivity contribution >= 4 is 27.3 Å². The molecule has 3 aromatic carbocycles. The first-order chi connectivity index (χ1) is 13.7. The van der Waals surface area contributed by atoms with Crippen LogP contribution in [0.2, 0.25) is 0 Å². The molecule has 3 rings (SSSR count). The first-order valence-electron chi connectivity index (χ1n) is 8.63. The van der Waals surface area contributed by atoms with E-state index >= 15 is 0 Å². The molecule has 0 heterocycles. The monoisotopic (exact) mass is 416 g/mol. The lowest BCUT2D eigenvalue weighted by Crippen LogP contribution is -2.16. The van der Waals surface area contributed by atoms with Gasteiger partial charge in [-0.15, -0.1) is 0 Å². The molecule has 0 fully saturated rings. The van der Waals surface area contributed by atoms with E-state index in [-0.39, 0.29) is 16.1 Å². The lowest BCUT2D eigenvalue weighted by atomic mass is 10.1. The molecule has 0 aliphatic carbocycles. The second kappa shape index (κ2) is 8.00. The Kier molecular flexibility index (Phi) is 5.65. The fourth-order valence-electron chi connectivity index (χ4n) is 2.64. The number of aryl methyl sites for hydroxylation is 1. The molecule has 0 aliphatic rings. The van der Waals surface area contributed by atoms with E-state index in [0.717, 1.165) is 23.3 Å². The van der Waals surface area contributed by atoms with Crippen molar-refractivity contribution in [3.63, 3.8) is 0 Å². The maximum atomic E-state index is 13.7. The van der Waals surface area contributed by atoms with Crippen LogP contribution in [0.3, 0.4) is 0 Å². The molecule has 0 spiro atoms. The van der Waals surface area contributed by atoms with Crippen LogP contribution in [0.1, 0.15) is 21.5 Å². The van der Waals surface area contributed by atoms with Crippen LogP contribution in [-0.2, 0) is 10.0 Å². The standard InChI is InChI=1S/C21H18F2N2O3S/c1-13-4-3-5-19(14(13)2)25-29(27,28)17-9-6-15(7-10-17)21(26)24-20-11-8-16(22)12-18(20)23/h3-12,25H,1-2H3,(H,24,26). The smallest absolute Gasteiger partial charge is 0.261 e. The Morgan fingerprint density at radius 3 is 2.24 bits per heavy atom. The first kappa shape index (κ1) is 20.5. The quantitative estimate of drug-likeness (QED) is 0.637. The fraction of sp³-hybridized carbons (Fsp3) is 0.0952. The minimum atomic E-state index is -3.85.